The summed E-state index contributed by atoms with van der Waals surface area (Å²) in [6, 6.07) is 0. The van der Waals surface area contributed by atoms with Crippen molar-refractivity contribution in [2.45, 2.75) is 19.8 Å². The molecule has 0 unspecified atom stereocenters. The topological polar surface area (TPSA) is 69.6 Å². The number of aliphatic carboxylic acids is 1. The molecule has 0 aliphatic heterocycles. The summed E-state index contributed by atoms with van der Waals surface area (Å²) in [6.45, 7) is 3.58. The number of amides is 1. The molecule has 0 saturated heterocycles. The second kappa shape index (κ2) is 7.32. The van der Waals surface area contributed by atoms with Crippen LogP contribution in [0.3, 0.4) is 0 Å². The van der Waals surface area contributed by atoms with Crippen LogP contribution in [-0.4, -0.2) is 48.6 Å². The minimum atomic E-state index is -0.810. The molecule has 0 heterocycles. The van der Waals surface area contributed by atoms with Crippen molar-refractivity contribution in [1.82, 2.24) is 10.2 Å². The van der Waals surface area contributed by atoms with Gasteiger partial charge in [-0.3, -0.25) is 9.59 Å². The monoisotopic (exact) mass is 202 g/mol. The van der Waals surface area contributed by atoms with E-state index in [4.69, 9.17) is 5.11 Å². The third kappa shape index (κ3) is 7.54. The largest absolute Gasteiger partial charge is 0.481 e. The van der Waals surface area contributed by atoms with Gasteiger partial charge < -0.3 is 15.3 Å². The van der Waals surface area contributed by atoms with E-state index in [-0.39, 0.29) is 12.3 Å². The standard InChI is InChI=1S/C9H18N2O3/c1-3-10-8(12)4-6-11(2)7-5-9(13)14/h3-7H2,1-2H3,(H,10,12)(H,13,14). The van der Waals surface area contributed by atoms with Gasteiger partial charge in [-0.05, 0) is 14.0 Å². The zero-order valence-electron chi connectivity index (χ0n) is 8.75. The van der Waals surface area contributed by atoms with Gasteiger partial charge >= 0.3 is 5.97 Å². The van der Waals surface area contributed by atoms with Crippen LogP contribution in [0.4, 0.5) is 0 Å². The highest BCUT2D eigenvalue weighted by molar-refractivity contribution is 5.75. The zero-order valence-corrected chi connectivity index (χ0v) is 8.75. The molecule has 0 aliphatic carbocycles. The van der Waals surface area contributed by atoms with E-state index in [9.17, 15) is 9.59 Å². The van der Waals surface area contributed by atoms with E-state index in [1.54, 1.807) is 0 Å². The number of rotatable bonds is 7. The second-order valence-electron chi connectivity index (χ2n) is 3.15. The van der Waals surface area contributed by atoms with Crippen LogP contribution in [0.15, 0.2) is 0 Å². The van der Waals surface area contributed by atoms with Gasteiger partial charge in [-0.1, -0.05) is 0 Å². The fourth-order valence-corrected chi connectivity index (χ4v) is 0.976. The van der Waals surface area contributed by atoms with Crippen molar-refractivity contribution in [1.29, 1.82) is 0 Å². The highest BCUT2D eigenvalue weighted by Crippen LogP contribution is 1.90. The van der Waals surface area contributed by atoms with Crippen LogP contribution in [0.5, 0.6) is 0 Å². The first-order valence-electron chi connectivity index (χ1n) is 4.73. The highest BCUT2D eigenvalue weighted by atomic mass is 16.4. The Hall–Kier alpha value is -1.10. The van der Waals surface area contributed by atoms with Crippen molar-refractivity contribution in [3.8, 4) is 0 Å². The van der Waals surface area contributed by atoms with Crippen molar-refractivity contribution in [2.75, 3.05) is 26.7 Å². The summed E-state index contributed by atoms with van der Waals surface area (Å²) in [5.74, 6) is -0.801. The van der Waals surface area contributed by atoms with E-state index in [1.165, 1.54) is 0 Å². The second-order valence-corrected chi connectivity index (χ2v) is 3.15. The quantitative estimate of drug-likeness (QED) is 0.606. The fourth-order valence-electron chi connectivity index (χ4n) is 0.976. The van der Waals surface area contributed by atoms with Crippen molar-refractivity contribution in [2.24, 2.45) is 0 Å². The Morgan fingerprint density at radius 3 is 2.36 bits per heavy atom. The number of carboxylic acids is 1. The fraction of sp³-hybridized carbons (Fsp3) is 0.778. The van der Waals surface area contributed by atoms with Crippen LogP contribution in [-0.2, 0) is 9.59 Å². The molecule has 0 spiro atoms. The maximum Gasteiger partial charge on any atom is 0.304 e. The number of nitrogens with one attached hydrogen (secondary N) is 1. The number of carboxylic acid groups (broad SMARTS) is 1. The van der Waals surface area contributed by atoms with Crippen molar-refractivity contribution in [3.05, 3.63) is 0 Å². The Kier molecular flexibility index (Phi) is 6.74. The normalized spacial score (nSPS) is 10.2. The van der Waals surface area contributed by atoms with E-state index in [1.807, 2.05) is 18.9 Å². The molecule has 0 aromatic heterocycles. The molecule has 0 bridgehead atoms. The molecule has 82 valence electrons. The van der Waals surface area contributed by atoms with E-state index in [2.05, 4.69) is 5.32 Å². The summed E-state index contributed by atoms with van der Waals surface area (Å²) in [5, 5.41) is 11.1. The lowest BCUT2D eigenvalue weighted by Crippen LogP contribution is -2.29. The molecule has 2 N–H and O–H groups in total. The predicted octanol–water partition coefficient (Wildman–Crippen LogP) is -0.0809. The van der Waals surface area contributed by atoms with Crippen LogP contribution >= 0.6 is 0 Å². The lowest BCUT2D eigenvalue weighted by Gasteiger charge is -2.14. The zero-order chi connectivity index (χ0) is 11.0. The maximum absolute atomic E-state index is 11.0. The third-order valence-corrected chi connectivity index (χ3v) is 1.80. The van der Waals surface area contributed by atoms with Crippen LogP contribution < -0.4 is 5.32 Å². The Balaban J connectivity index is 3.48. The molecule has 5 heteroatoms. The van der Waals surface area contributed by atoms with Gasteiger partial charge in [0, 0.05) is 26.1 Å². The summed E-state index contributed by atoms with van der Waals surface area (Å²) < 4.78 is 0. The molecule has 0 aliphatic rings. The van der Waals surface area contributed by atoms with Gasteiger partial charge in [0.25, 0.3) is 0 Å². The van der Waals surface area contributed by atoms with Gasteiger partial charge in [0.1, 0.15) is 0 Å². The molecule has 0 atom stereocenters. The van der Waals surface area contributed by atoms with Crippen molar-refractivity contribution in [3.63, 3.8) is 0 Å². The van der Waals surface area contributed by atoms with Gasteiger partial charge in [-0.2, -0.15) is 0 Å². The number of hydrogen-bond donors (Lipinski definition) is 2. The molecule has 1 amide bonds. The SMILES string of the molecule is CCNC(=O)CCN(C)CCC(=O)O. The van der Waals surface area contributed by atoms with Gasteiger partial charge in [0.2, 0.25) is 5.91 Å². The maximum atomic E-state index is 11.0. The first kappa shape index (κ1) is 12.9. The minimum absolute atomic E-state index is 0.00896. The summed E-state index contributed by atoms with van der Waals surface area (Å²) in [7, 11) is 1.81. The average molecular weight is 202 g/mol. The minimum Gasteiger partial charge on any atom is -0.481 e. The Bertz CT molecular complexity index is 194. The molecule has 5 nitrogen and oxygen atoms in total. The number of carbonyl (C=O) groups excluding carboxylic acids is 1. The molecular weight excluding hydrogens is 184 g/mol. The van der Waals surface area contributed by atoms with E-state index < -0.39 is 5.97 Å². The van der Waals surface area contributed by atoms with Crippen LogP contribution in [0.1, 0.15) is 19.8 Å². The molecule has 0 aromatic carbocycles. The average Bonchev–Trinajstić information content (AvgIpc) is 2.12. The Morgan fingerprint density at radius 2 is 1.86 bits per heavy atom. The van der Waals surface area contributed by atoms with E-state index in [0.29, 0.717) is 26.1 Å². The summed E-state index contributed by atoms with van der Waals surface area (Å²) in [5.41, 5.74) is 0. The number of carbonyl (C=O) groups is 2. The number of hydrogen-bond acceptors (Lipinski definition) is 3. The molecule has 14 heavy (non-hydrogen) atoms. The predicted molar refractivity (Wildman–Crippen MR) is 53.1 cm³/mol. The number of nitrogens with zero attached hydrogens (tertiary/aromatic N) is 1. The lowest BCUT2D eigenvalue weighted by atomic mass is 10.3. The van der Waals surface area contributed by atoms with Crippen LogP contribution in [0, 0.1) is 0 Å². The van der Waals surface area contributed by atoms with Gasteiger partial charge in [0.05, 0.1) is 6.42 Å². The Labute approximate surface area is 84.1 Å². The smallest absolute Gasteiger partial charge is 0.304 e. The highest BCUT2D eigenvalue weighted by Gasteiger charge is 2.04. The van der Waals surface area contributed by atoms with E-state index >= 15 is 0 Å². The first-order valence-corrected chi connectivity index (χ1v) is 4.73. The van der Waals surface area contributed by atoms with Crippen LogP contribution in [0.25, 0.3) is 0 Å². The van der Waals surface area contributed by atoms with Crippen molar-refractivity contribution >= 4 is 11.9 Å². The van der Waals surface area contributed by atoms with Gasteiger partial charge in [-0.25, -0.2) is 0 Å². The van der Waals surface area contributed by atoms with E-state index in [0.717, 1.165) is 0 Å². The Morgan fingerprint density at radius 1 is 1.29 bits per heavy atom. The first-order chi connectivity index (χ1) is 6.56. The summed E-state index contributed by atoms with van der Waals surface area (Å²) in [6.07, 6.45) is 0.538. The summed E-state index contributed by atoms with van der Waals surface area (Å²) in [4.78, 5) is 23.1. The third-order valence-electron chi connectivity index (χ3n) is 1.80. The molecule has 0 fully saturated rings. The van der Waals surface area contributed by atoms with Gasteiger partial charge in [-0.15, -0.1) is 0 Å². The molecule has 0 aromatic rings. The molecule has 0 rings (SSSR count). The van der Waals surface area contributed by atoms with Crippen molar-refractivity contribution < 1.29 is 14.7 Å². The summed E-state index contributed by atoms with van der Waals surface area (Å²) >= 11 is 0. The van der Waals surface area contributed by atoms with Gasteiger partial charge in [0.15, 0.2) is 0 Å². The lowest BCUT2D eigenvalue weighted by molar-refractivity contribution is -0.137. The molecular formula is C9H18N2O3. The molecule has 0 saturated carbocycles. The van der Waals surface area contributed by atoms with Crippen LogP contribution in [0.2, 0.25) is 0 Å². The molecule has 0 radical (unpaired) electrons.